The summed E-state index contributed by atoms with van der Waals surface area (Å²) in [7, 11) is -4.62. The highest BCUT2D eigenvalue weighted by atomic mass is 31.2. The van der Waals surface area contributed by atoms with Gasteiger partial charge in [0.1, 0.15) is 41.9 Å². The number of phosphoric acid groups is 1. The third-order valence-corrected chi connectivity index (χ3v) is 10.9. The van der Waals surface area contributed by atoms with Crippen molar-refractivity contribution in [2.24, 2.45) is 5.92 Å². The van der Waals surface area contributed by atoms with E-state index in [4.69, 9.17) is 29.0 Å². The number of anilines is 1. The maximum Gasteiger partial charge on any atom is 0.472 e. The Labute approximate surface area is 315 Å². The van der Waals surface area contributed by atoms with Gasteiger partial charge >= 0.3 is 7.82 Å². The first kappa shape index (κ1) is 43.3. The smallest absolute Gasteiger partial charge is 0.387 e. The number of benzene rings is 1. The highest BCUT2D eigenvalue weighted by molar-refractivity contribution is 7.47. The van der Waals surface area contributed by atoms with Gasteiger partial charge < -0.3 is 35.1 Å². The molecule has 0 spiro atoms. The van der Waals surface area contributed by atoms with E-state index >= 15 is 0 Å². The van der Waals surface area contributed by atoms with Crippen LogP contribution >= 0.6 is 7.82 Å². The van der Waals surface area contributed by atoms with E-state index in [0.717, 1.165) is 24.3 Å². The van der Waals surface area contributed by atoms with Gasteiger partial charge in [-0.3, -0.25) is 9.05 Å². The van der Waals surface area contributed by atoms with Crippen LogP contribution < -0.4 is 5.73 Å². The molecule has 2 aromatic heterocycles. The minimum atomic E-state index is -4.62. The standard InChI is InChI=1S/C39H63N4O9P/c1-30(2)19-15-12-10-8-6-4-5-7-9-11-13-18-24-48-26-32(49-25-31-20-16-14-17-21-31)27-50-53(46,47)51-28-34-36(44)37(45)39(3,52-34)35-23-22-33-38(40)41-29-42-43(33)35/h14,16-17,20-23,29-30,32,34,36-37,44-45H,4-13,15,18-19,24-28H2,1-3H3,(H,46,47)(H2,40,41,42)/t32-,34-,36-,37-,39+/m1/s1. The van der Waals surface area contributed by atoms with E-state index < -0.39 is 44.4 Å². The molecule has 0 saturated carbocycles. The average Bonchev–Trinajstić information content (AvgIpc) is 3.68. The molecular weight excluding hydrogens is 699 g/mol. The molecule has 6 atom stereocenters. The van der Waals surface area contributed by atoms with Crippen LogP contribution in [-0.2, 0) is 40.0 Å². The molecule has 3 aromatic rings. The van der Waals surface area contributed by atoms with Gasteiger partial charge in [0.15, 0.2) is 5.82 Å². The fourth-order valence-corrected chi connectivity index (χ4v) is 7.47. The van der Waals surface area contributed by atoms with Crippen LogP contribution in [0.15, 0.2) is 48.8 Å². The number of nitrogens with two attached hydrogens (primary N) is 1. The molecule has 298 valence electrons. The molecule has 13 nitrogen and oxygen atoms in total. The Hall–Kier alpha value is -2.45. The molecule has 53 heavy (non-hydrogen) atoms. The maximum absolute atomic E-state index is 13.0. The lowest BCUT2D eigenvalue weighted by molar-refractivity contribution is -0.0901. The van der Waals surface area contributed by atoms with E-state index in [1.54, 1.807) is 19.1 Å². The van der Waals surface area contributed by atoms with Gasteiger partial charge in [-0.2, -0.15) is 5.10 Å². The first-order valence-electron chi connectivity index (χ1n) is 19.5. The molecule has 5 N–H and O–H groups in total. The SMILES string of the molecule is CC(C)CCCCCCCCCCCCCCOC[C@H](COP(=O)(O)OC[C@H]1O[C@@](C)(c2ccc3c(N)ncnn23)[C@H](O)[C@@H]1O)OCc1ccccc1. The number of hydrogen-bond donors (Lipinski definition) is 4. The predicted molar refractivity (Wildman–Crippen MR) is 204 cm³/mol. The van der Waals surface area contributed by atoms with Gasteiger partial charge in [-0.05, 0) is 37.0 Å². The number of nitrogen functional groups attached to an aromatic ring is 1. The minimum absolute atomic E-state index is 0.179. The molecule has 1 aliphatic heterocycles. The van der Waals surface area contributed by atoms with E-state index in [1.807, 2.05) is 30.3 Å². The summed E-state index contributed by atoms with van der Waals surface area (Å²) in [6.07, 6.45) is 13.2. The summed E-state index contributed by atoms with van der Waals surface area (Å²) in [4.78, 5) is 14.5. The second kappa shape index (κ2) is 22.2. The van der Waals surface area contributed by atoms with Crippen molar-refractivity contribution >= 4 is 19.2 Å². The Kier molecular flexibility index (Phi) is 18.1. The summed E-state index contributed by atoms with van der Waals surface area (Å²) in [5, 5.41) is 26.0. The number of unbranched alkanes of at least 4 members (excludes halogenated alkanes) is 11. The Bertz CT molecular complexity index is 1510. The summed E-state index contributed by atoms with van der Waals surface area (Å²) >= 11 is 0. The topological polar surface area (TPSA) is 180 Å². The lowest BCUT2D eigenvalue weighted by Crippen LogP contribution is -2.39. The van der Waals surface area contributed by atoms with E-state index in [0.29, 0.717) is 17.8 Å². The Morgan fingerprint density at radius 3 is 2.21 bits per heavy atom. The minimum Gasteiger partial charge on any atom is -0.387 e. The molecule has 1 saturated heterocycles. The van der Waals surface area contributed by atoms with Crippen molar-refractivity contribution in [2.75, 3.05) is 32.2 Å². The van der Waals surface area contributed by atoms with Crippen LogP contribution in [0.4, 0.5) is 5.82 Å². The third-order valence-electron chi connectivity index (χ3n) is 9.93. The first-order chi connectivity index (χ1) is 25.5. The molecular formula is C39H63N4O9P. The van der Waals surface area contributed by atoms with Crippen LogP contribution in [0, 0.1) is 5.92 Å². The second-order valence-electron chi connectivity index (χ2n) is 14.8. The zero-order valence-corrected chi connectivity index (χ0v) is 32.8. The normalized spacial score (nSPS) is 22.1. The lowest BCUT2D eigenvalue weighted by atomic mass is 9.93. The van der Waals surface area contributed by atoms with Crippen molar-refractivity contribution < 1.29 is 42.9 Å². The van der Waals surface area contributed by atoms with E-state index in [9.17, 15) is 19.7 Å². The number of phosphoric ester groups is 1. The van der Waals surface area contributed by atoms with Gasteiger partial charge in [-0.1, -0.05) is 121 Å². The zero-order valence-electron chi connectivity index (χ0n) is 31.9. The van der Waals surface area contributed by atoms with Crippen molar-refractivity contribution in [3.05, 3.63) is 60.0 Å². The van der Waals surface area contributed by atoms with Crippen molar-refractivity contribution in [2.45, 2.75) is 141 Å². The molecule has 1 aliphatic rings. The summed E-state index contributed by atoms with van der Waals surface area (Å²) < 4.78 is 43.0. The number of aromatic nitrogens is 3. The lowest BCUT2D eigenvalue weighted by Gasteiger charge is -2.27. The van der Waals surface area contributed by atoms with Crippen LogP contribution in [0.25, 0.3) is 5.52 Å². The number of fused-ring (bicyclic) bond motifs is 1. The first-order valence-corrected chi connectivity index (χ1v) is 21.0. The molecule has 3 heterocycles. The summed E-state index contributed by atoms with van der Waals surface area (Å²) in [6.45, 7) is 6.42. The van der Waals surface area contributed by atoms with Gasteiger partial charge in [-0.15, -0.1) is 0 Å². The molecule has 0 aliphatic carbocycles. The van der Waals surface area contributed by atoms with Crippen LogP contribution in [0.3, 0.4) is 0 Å². The number of ether oxygens (including phenoxy) is 3. The molecule has 1 aromatic carbocycles. The monoisotopic (exact) mass is 762 g/mol. The number of rotatable bonds is 27. The second-order valence-corrected chi connectivity index (χ2v) is 16.3. The van der Waals surface area contributed by atoms with Gasteiger partial charge in [0.25, 0.3) is 0 Å². The maximum atomic E-state index is 13.0. The molecule has 14 heteroatoms. The van der Waals surface area contributed by atoms with E-state index in [-0.39, 0.29) is 25.6 Å². The molecule has 0 bridgehead atoms. The van der Waals surface area contributed by atoms with Gasteiger partial charge in [0.2, 0.25) is 0 Å². The molecule has 1 unspecified atom stereocenters. The number of hydrogen-bond acceptors (Lipinski definition) is 11. The number of aliphatic hydroxyl groups excluding tert-OH is 2. The Morgan fingerprint density at radius 1 is 0.906 bits per heavy atom. The average molecular weight is 763 g/mol. The fourth-order valence-electron chi connectivity index (χ4n) is 6.71. The number of aliphatic hydroxyl groups is 2. The van der Waals surface area contributed by atoms with Gasteiger partial charge in [0.05, 0.1) is 32.1 Å². The van der Waals surface area contributed by atoms with Crippen LogP contribution in [0.1, 0.15) is 115 Å². The quantitative estimate of drug-likeness (QED) is 0.0457. The summed E-state index contributed by atoms with van der Waals surface area (Å²) in [5.41, 5.74) is 6.39. The van der Waals surface area contributed by atoms with E-state index in [2.05, 4.69) is 23.9 Å². The van der Waals surface area contributed by atoms with Gasteiger partial charge in [0, 0.05) is 6.61 Å². The number of nitrogens with zero attached hydrogens (tertiary/aromatic N) is 3. The van der Waals surface area contributed by atoms with Crippen LogP contribution in [-0.4, -0.2) is 80.5 Å². The molecule has 0 amide bonds. The Balaban J connectivity index is 1.15. The highest BCUT2D eigenvalue weighted by Crippen LogP contribution is 2.46. The largest absolute Gasteiger partial charge is 0.472 e. The highest BCUT2D eigenvalue weighted by Gasteiger charge is 2.54. The van der Waals surface area contributed by atoms with Crippen molar-refractivity contribution in [1.82, 2.24) is 14.6 Å². The van der Waals surface area contributed by atoms with E-state index in [1.165, 1.54) is 81.5 Å². The summed E-state index contributed by atoms with van der Waals surface area (Å²) in [5.74, 6) is 1.06. The molecule has 4 rings (SSSR count). The fraction of sp³-hybridized carbons (Fsp3) is 0.692. The predicted octanol–water partition coefficient (Wildman–Crippen LogP) is 7.11. The van der Waals surface area contributed by atoms with Crippen molar-refractivity contribution in [3.8, 4) is 0 Å². The molecule has 0 radical (unpaired) electrons. The van der Waals surface area contributed by atoms with Crippen LogP contribution in [0.2, 0.25) is 0 Å². The van der Waals surface area contributed by atoms with Gasteiger partial charge in [-0.25, -0.2) is 14.1 Å². The van der Waals surface area contributed by atoms with Crippen molar-refractivity contribution in [1.29, 1.82) is 0 Å². The molecule has 1 fully saturated rings. The van der Waals surface area contributed by atoms with Crippen LogP contribution in [0.5, 0.6) is 0 Å². The Morgan fingerprint density at radius 2 is 1.55 bits per heavy atom. The zero-order chi connectivity index (χ0) is 38.1. The third kappa shape index (κ3) is 14.0. The van der Waals surface area contributed by atoms with Crippen molar-refractivity contribution in [3.63, 3.8) is 0 Å². The summed E-state index contributed by atoms with van der Waals surface area (Å²) in [6, 6.07) is 12.9.